The summed E-state index contributed by atoms with van der Waals surface area (Å²) in [5.41, 5.74) is 1.46. The second-order valence-corrected chi connectivity index (χ2v) is 8.89. The zero-order valence-corrected chi connectivity index (χ0v) is 15.0. The molecule has 1 aliphatic carbocycles. The van der Waals surface area contributed by atoms with E-state index < -0.39 is 0 Å². The average Bonchev–Trinajstić information content (AvgIpc) is 2.93. The fourth-order valence-corrected chi connectivity index (χ4v) is 5.84. The number of rotatable bonds is 2. The second-order valence-electron chi connectivity index (χ2n) is 6.69. The summed E-state index contributed by atoms with van der Waals surface area (Å²) in [6.45, 7) is 8.73. The third-order valence-corrected chi connectivity index (χ3v) is 7.00. The molecule has 2 heterocycles. The van der Waals surface area contributed by atoms with Crippen LogP contribution < -0.4 is 5.32 Å². The predicted molar refractivity (Wildman–Crippen MR) is 93.4 cm³/mol. The van der Waals surface area contributed by atoms with Crippen LogP contribution in [0.5, 0.6) is 0 Å². The molecule has 3 rings (SSSR count). The molecule has 1 aromatic rings. The maximum absolute atomic E-state index is 4.93. The minimum atomic E-state index is 0.211. The van der Waals surface area contributed by atoms with Gasteiger partial charge in [-0.3, -0.25) is 4.99 Å². The number of hydrogen-bond acceptors (Lipinski definition) is 4. The summed E-state index contributed by atoms with van der Waals surface area (Å²) >= 11 is 3.69. The predicted octanol–water partition coefficient (Wildman–Crippen LogP) is 4.46. The van der Waals surface area contributed by atoms with E-state index in [4.69, 9.17) is 4.99 Å². The molecule has 1 aliphatic heterocycles. The highest BCUT2D eigenvalue weighted by atomic mass is 32.2. The Kier molecular flexibility index (Phi) is 4.33. The lowest BCUT2D eigenvalue weighted by Crippen LogP contribution is -2.47. The van der Waals surface area contributed by atoms with Crippen LogP contribution in [0.1, 0.15) is 61.2 Å². The van der Waals surface area contributed by atoms with Gasteiger partial charge in [-0.2, -0.15) is 0 Å². The molecule has 1 N–H and O–H groups in total. The van der Waals surface area contributed by atoms with E-state index in [1.807, 2.05) is 11.8 Å². The molecule has 3 nitrogen and oxygen atoms in total. The maximum atomic E-state index is 4.93. The van der Waals surface area contributed by atoms with Crippen molar-refractivity contribution >= 4 is 28.3 Å². The number of aryl methyl sites for hydroxylation is 2. The van der Waals surface area contributed by atoms with E-state index in [2.05, 4.69) is 38.0 Å². The first kappa shape index (κ1) is 15.3. The van der Waals surface area contributed by atoms with Crippen LogP contribution in [0.25, 0.3) is 0 Å². The summed E-state index contributed by atoms with van der Waals surface area (Å²) < 4.78 is 0. The Morgan fingerprint density at radius 2 is 2.24 bits per heavy atom. The fourth-order valence-electron chi connectivity index (χ4n) is 3.65. The van der Waals surface area contributed by atoms with Crippen LogP contribution in [0.4, 0.5) is 0 Å². The number of aliphatic imine (C=N–C) groups is 1. The molecule has 0 aromatic carbocycles. The van der Waals surface area contributed by atoms with Crippen molar-refractivity contribution in [3.05, 3.63) is 15.6 Å². The molecule has 21 heavy (non-hydrogen) atoms. The third kappa shape index (κ3) is 3.29. The minimum absolute atomic E-state index is 0.211. The van der Waals surface area contributed by atoms with Gasteiger partial charge >= 0.3 is 0 Å². The summed E-state index contributed by atoms with van der Waals surface area (Å²) in [4.78, 5) is 10.8. The Balaban J connectivity index is 1.72. The highest BCUT2D eigenvalue weighted by Gasteiger charge is 2.40. The molecule has 1 spiro atoms. The van der Waals surface area contributed by atoms with Crippen molar-refractivity contribution in [3.63, 3.8) is 0 Å². The average molecular weight is 324 g/mol. The van der Waals surface area contributed by atoms with Crippen LogP contribution in [-0.4, -0.2) is 21.4 Å². The van der Waals surface area contributed by atoms with Crippen molar-refractivity contribution in [3.8, 4) is 0 Å². The highest BCUT2D eigenvalue weighted by molar-refractivity contribution is 8.14. The van der Waals surface area contributed by atoms with Gasteiger partial charge in [0.1, 0.15) is 0 Å². The van der Waals surface area contributed by atoms with Gasteiger partial charge < -0.3 is 5.32 Å². The van der Waals surface area contributed by atoms with Crippen molar-refractivity contribution in [1.29, 1.82) is 0 Å². The van der Waals surface area contributed by atoms with E-state index in [0.717, 1.165) is 21.8 Å². The number of thioether (sulfide) groups is 1. The van der Waals surface area contributed by atoms with E-state index in [9.17, 15) is 0 Å². The Labute approximate surface area is 136 Å². The molecule has 0 radical (unpaired) electrons. The molecule has 3 unspecified atom stereocenters. The Hall–Kier alpha value is -0.550. The van der Waals surface area contributed by atoms with Crippen molar-refractivity contribution in [2.75, 3.05) is 5.75 Å². The second kappa shape index (κ2) is 5.92. The van der Waals surface area contributed by atoms with E-state index in [0.29, 0.717) is 5.54 Å². The van der Waals surface area contributed by atoms with Gasteiger partial charge in [-0.1, -0.05) is 31.5 Å². The van der Waals surface area contributed by atoms with Gasteiger partial charge in [-0.25, -0.2) is 4.98 Å². The molecule has 1 saturated heterocycles. The Bertz CT molecular complexity index is 552. The first-order valence-corrected chi connectivity index (χ1v) is 9.70. The van der Waals surface area contributed by atoms with Gasteiger partial charge in [0, 0.05) is 11.3 Å². The van der Waals surface area contributed by atoms with Crippen LogP contribution in [0, 0.1) is 19.8 Å². The Morgan fingerprint density at radius 3 is 2.90 bits per heavy atom. The lowest BCUT2D eigenvalue weighted by Gasteiger charge is -2.36. The number of thiazole rings is 1. The molecule has 5 heteroatoms. The van der Waals surface area contributed by atoms with Crippen molar-refractivity contribution in [2.45, 2.75) is 65.0 Å². The summed E-state index contributed by atoms with van der Waals surface area (Å²) in [6.07, 6.45) is 5.34. The summed E-state index contributed by atoms with van der Waals surface area (Å²) in [5.74, 6) is 2.03. The van der Waals surface area contributed by atoms with Crippen molar-refractivity contribution < 1.29 is 0 Å². The molecule has 116 valence electrons. The van der Waals surface area contributed by atoms with E-state index >= 15 is 0 Å². The van der Waals surface area contributed by atoms with E-state index in [1.54, 1.807) is 11.3 Å². The lowest BCUT2D eigenvalue weighted by molar-refractivity contribution is 0.242. The van der Waals surface area contributed by atoms with Gasteiger partial charge in [0.05, 0.1) is 21.6 Å². The molecule has 2 fully saturated rings. The first-order chi connectivity index (χ1) is 9.97. The molecule has 1 saturated carbocycles. The van der Waals surface area contributed by atoms with Gasteiger partial charge in [0.15, 0.2) is 5.17 Å². The van der Waals surface area contributed by atoms with Gasteiger partial charge in [0.2, 0.25) is 0 Å². The Morgan fingerprint density at radius 1 is 1.43 bits per heavy atom. The number of aromatic nitrogens is 1. The molecular weight excluding hydrogens is 298 g/mol. The fraction of sp³-hybridized carbons (Fsp3) is 0.750. The molecule has 3 atom stereocenters. The van der Waals surface area contributed by atoms with Crippen LogP contribution in [0.3, 0.4) is 0 Å². The molecule has 2 aliphatic rings. The lowest BCUT2D eigenvalue weighted by atomic mass is 9.78. The molecule has 1 aromatic heterocycles. The number of nitrogens with one attached hydrogen (secondary N) is 1. The molecule has 0 amide bonds. The van der Waals surface area contributed by atoms with Gasteiger partial charge in [-0.05, 0) is 39.5 Å². The largest absolute Gasteiger partial charge is 0.359 e. The molecular formula is C16H25N3S2. The number of amidine groups is 1. The smallest absolute Gasteiger partial charge is 0.157 e. The summed E-state index contributed by atoms with van der Waals surface area (Å²) in [6, 6.07) is 0.211. The van der Waals surface area contributed by atoms with Crippen molar-refractivity contribution in [1.82, 2.24) is 10.3 Å². The zero-order chi connectivity index (χ0) is 15.0. The standard InChI is InChI=1S/C16H25N3S2/c1-10-6-5-7-16(8-10)9-20-15(19-16)18-12(3)14-11(2)17-13(4)21-14/h10,12H,5-9H2,1-4H3,(H,18,19). The van der Waals surface area contributed by atoms with Crippen LogP contribution in [0.2, 0.25) is 0 Å². The zero-order valence-electron chi connectivity index (χ0n) is 13.4. The monoisotopic (exact) mass is 323 g/mol. The van der Waals surface area contributed by atoms with E-state index in [-0.39, 0.29) is 6.04 Å². The topological polar surface area (TPSA) is 37.3 Å². The quantitative estimate of drug-likeness (QED) is 0.873. The SMILES string of the molecule is Cc1nc(C)c(C(C)N=C2NC3(CCCC(C)C3)CS2)s1. The van der Waals surface area contributed by atoms with E-state index in [1.165, 1.54) is 36.3 Å². The minimum Gasteiger partial charge on any atom is -0.359 e. The maximum Gasteiger partial charge on any atom is 0.157 e. The molecule has 0 bridgehead atoms. The third-order valence-electron chi connectivity index (χ3n) is 4.58. The number of hydrogen-bond donors (Lipinski definition) is 1. The summed E-state index contributed by atoms with van der Waals surface area (Å²) in [7, 11) is 0. The first-order valence-electron chi connectivity index (χ1n) is 7.90. The van der Waals surface area contributed by atoms with Gasteiger partial charge in [0.25, 0.3) is 0 Å². The van der Waals surface area contributed by atoms with Crippen molar-refractivity contribution in [2.24, 2.45) is 10.9 Å². The number of nitrogens with zero attached hydrogens (tertiary/aromatic N) is 2. The van der Waals surface area contributed by atoms with Crippen LogP contribution in [0.15, 0.2) is 4.99 Å². The normalized spacial score (nSPS) is 32.6. The van der Waals surface area contributed by atoms with Crippen LogP contribution >= 0.6 is 23.1 Å². The highest BCUT2D eigenvalue weighted by Crippen LogP contribution is 2.39. The van der Waals surface area contributed by atoms with Crippen LogP contribution in [-0.2, 0) is 0 Å². The van der Waals surface area contributed by atoms with Gasteiger partial charge in [-0.15, -0.1) is 11.3 Å². The summed E-state index contributed by atoms with van der Waals surface area (Å²) in [5, 5.41) is 6.04.